The number of likely N-dealkylation sites (N-methyl/N-ethyl adjacent to an activating group) is 1. The number of nitrogens with zero attached hydrogens (tertiary/aromatic N) is 1. The van der Waals surface area contributed by atoms with E-state index < -0.39 is 0 Å². The summed E-state index contributed by atoms with van der Waals surface area (Å²) in [7, 11) is 3.96. The zero-order chi connectivity index (χ0) is 15.1. The van der Waals surface area contributed by atoms with E-state index in [1.54, 1.807) is 12.7 Å². The number of hydrogen-bond donors (Lipinski definition) is 0. The van der Waals surface area contributed by atoms with Gasteiger partial charge >= 0.3 is 0 Å². The summed E-state index contributed by atoms with van der Waals surface area (Å²) in [6.45, 7) is 2.27. The molecule has 0 spiro atoms. The van der Waals surface area contributed by atoms with E-state index in [1.165, 1.54) is 22.3 Å². The quantitative estimate of drug-likeness (QED) is 0.831. The summed E-state index contributed by atoms with van der Waals surface area (Å²) in [5.74, 6) is 1.48. The maximum absolute atomic E-state index is 5.42. The van der Waals surface area contributed by atoms with E-state index in [1.807, 2.05) is 6.07 Å². The highest BCUT2D eigenvalue weighted by Gasteiger charge is 2.34. The smallest absolute Gasteiger partial charge is 0.119 e. The predicted octanol–water partition coefficient (Wildman–Crippen LogP) is 3.93. The zero-order valence-corrected chi connectivity index (χ0v) is 13.2. The van der Waals surface area contributed by atoms with Crippen LogP contribution in [0.15, 0.2) is 54.1 Å². The summed E-state index contributed by atoms with van der Waals surface area (Å²) in [6, 6.07) is 17.4. The molecular formula is C20H21NO. The molecule has 0 bridgehead atoms. The normalized spacial score (nSPS) is 20.7. The second kappa shape index (κ2) is 5.29. The van der Waals surface area contributed by atoms with Gasteiger partial charge in [0.2, 0.25) is 0 Å². The minimum atomic E-state index is 0.552. The monoisotopic (exact) mass is 291 g/mol. The molecule has 0 aromatic heterocycles. The van der Waals surface area contributed by atoms with Gasteiger partial charge in [0.1, 0.15) is 5.75 Å². The van der Waals surface area contributed by atoms with Gasteiger partial charge in [0.05, 0.1) is 7.11 Å². The average Bonchev–Trinajstić information content (AvgIpc) is 2.89. The summed E-state index contributed by atoms with van der Waals surface area (Å²) >= 11 is 0. The third-order valence-corrected chi connectivity index (χ3v) is 4.96. The first-order chi connectivity index (χ1) is 10.8. The first-order valence-corrected chi connectivity index (χ1v) is 7.93. The second-order valence-electron chi connectivity index (χ2n) is 6.28. The number of likely N-dealkylation sites (tertiary alicyclic amines) is 1. The summed E-state index contributed by atoms with van der Waals surface area (Å²) in [6.07, 6.45) is 1.16. The van der Waals surface area contributed by atoms with Crippen molar-refractivity contribution < 1.29 is 4.74 Å². The fourth-order valence-electron chi connectivity index (χ4n) is 3.90. The largest absolute Gasteiger partial charge is 0.497 e. The molecule has 2 heteroatoms. The van der Waals surface area contributed by atoms with Gasteiger partial charge in [-0.3, -0.25) is 0 Å². The van der Waals surface area contributed by atoms with Gasteiger partial charge in [0, 0.05) is 19.0 Å². The lowest BCUT2D eigenvalue weighted by atomic mass is 9.89. The highest BCUT2D eigenvalue weighted by molar-refractivity contribution is 5.89. The van der Waals surface area contributed by atoms with Crippen molar-refractivity contribution in [3.8, 4) is 5.75 Å². The van der Waals surface area contributed by atoms with Crippen LogP contribution in [0.25, 0.3) is 5.57 Å². The van der Waals surface area contributed by atoms with Gasteiger partial charge in [-0.15, -0.1) is 0 Å². The van der Waals surface area contributed by atoms with E-state index in [4.69, 9.17) is 4.74 Å². The Hall–Kier alpha value is -2.06. The molecule has 112 valence electrons. The van der Waals surface area contributed by atoms with Gasteiger partial charge in [-0.2, -0.15) is 0 Å². The van der Waals surface area contributed by atoms with E-state index in [9.17, 15) is 0 Å². The molecule has 4 rings (SSSR count). The van der Waals surface area contributed by atoms with E-state index >= 15 is 0 Å². The Balaban J connectivity index is 1.90. The first kappa shape index (κ1) is 13.6. The molecule has 2 aromatic carbocycles. The van der Waals surface area contributed by atoms with Crippen molar-refractivity contribution in [3.05, 3.63) is 70.8 Å². The molecule has 2 aromatic rings. The van der Waals surface area contributed by atoms with Gasteiger partial charge in [-0.1, -0.05) is 42.0 Å². The number of benzene rings is 2. The van der Waals surface area contributed by atoms with Crippen molar-refractivity contribution in [1.29, 1.82) is 0 Å². The fourth-order valence-corrected chi connectivity index (χ4v) is 3.90. The number of fused-ring (bicyclic) bond motifs is 3. The Bertz CT molecular complexity index is 747. The lowest BCUT2D eigenvalue weighted by Gasteiger charge is -2.30. The molecule has 1 heterocycles. The minimum Gasteiger partial charge on any atom is -0.497 e. The number of rotatable bonds is 2. The second-order valence-corrected chi connectivity index (χ2v) is 6.28. The Kier molecular flexibility index (Phi) is 3.27. The van der Waals surface area contributed by atoms with Crippen LogP contribution in [0.5, 0.6) is 5.75 Å². The predicted molar refractivity (Wildman–Crippen MR) is 90.3 cm³/mol. The Morgan fingerprint density at radius 2 is 1.95 bits per heavy atom. The zero-order valence-electron chi connectivity index (χ0n) is 13.2. The van der Waals surface area contributed by atoms with E-state index in [2.05, 4.69) is 54.4 Å². The van der Waals surface area contributed by atoms with Crippen LogP contribution in [0, 0.1) is 0 Å². The summed E-state index contributed by atoms with van der Waals surface area (Å²) < 4.78 is 5.42. The molecule has 1 atom stereocenters. The first-order valence-electron chi connectivity index (χ1n) is 7.93. The van der Waals surface area contributed by atoms with Crippen LogP contribution in [0.3, 0.4) is 0 Å². The number of ether oxygens (including phenoxy) is 1. The van der Waals surface area contributed by atoms with Crippen molar-refractivity contribution in [2.45, 2.75) is 12.3 Å². The van der Waals surface area contributed by atoms with Crippen molar-refractivity contribution in [1.82, 2.24) is 4.90 Å². The van der Waals surface area contributed by atoms with Gasteiger partial charge in [0.15, 0.2) is 0 Å². The molecule has 1 unspecified atom stereocenters. The minimum absolute atomic E-state index is 0.552. The van der Waals surface area contributed by atoms with Crippen LogP contribution in [-0.4, -0.2) is 32.1 Å². The van der Waals surface area contributed by atoms with Gasteiger partial charge < -0.3 is 9.64 Å². The molecule has 0 amide bonds. The molecule has 1 aliphatic carbocycles. The lowest BCUT2D eigenvalue weighted by Crippen LogP contribution is -2.31. The maximum atomic E-state index is 5.42. The number of piperidine rings is 1. The van der Waals surface area contributed by atoms with E-state index in [0.717, 1.165) is 25.3 Å². The molecule has 0 N–H and O–H groups in total. The average molecular weight is 291 g/mol. The molecule has 0 radical (unpaired) electrons. The molecule has 1 saturated heterocycles. The van der Waals surface area contributed by atoms with Crippen LogP contribution in [0.1, 0.15) is 29.0 Å². The third-order valence-electron chi connectivity index (χ3n) is 4.96. The number of hydrogen-bond acceptors (Lipinski definition) is 2. The molecule has 0 saturated carbocycles. The molecule has 1 aliphatic heterocycles. The van der Waals surface area contributed by atoms with Crippen molar-refractivity contribution in [3.63, 3.8) is 0 Å². The van der Waals surface area contributed by atoms with Gasteiger partial charge in [-0.25, -0.2) is 0 Å². The highest BCUT2D eigenvalue weighted by atomic mass is 16.5. The van der Waals surface area contributed by atoms with Crippen molar-refractivity contribution in [2.24, 2.45) is 0 Å². The van der Waals surface area contributed by atoms with Crippen molar-refractivity contribution >= 4 is 5.57 Å². The van der Waals surface area contributed by atoms with Crippen LogP contribution in [-0.2, 0) is 0 Å². The molecule has 22 heavy (non-hydrogen) atoms. The molecule has 2 aliphatic rings. The third kappa shape index (κ3) is 2.06. The Morgan fingerprint density at radius 3 is 2.82 bits per heavy atom. The highest BCUT2D eigenvalue weighted by Crippen LogP contribution is 2.48. The van der Waals surface area contributed by atoms with E-state index in [0.29, 0.717) is 5.92 Å². The summed E-state index contributed by atoms with van der Waals surface area (Å²) in [5.41, 5.74) is 7.22. The lowest BCUT2D eigenvalue weighted by molar-refractivity contribution is 0.294. The maximum Gasteiger partial charge on any atom is 0.119 e. The molecule has 1 fully saturated rings. The summed E-state index contributed by atoms with van der Waals surface area (Å²) in [4.78, 5) is 2.44. The van der Waals surface area contributed by atoms with E-state index in [-0.39, 0.29) is 0 Å². The fraction of sp³-hybridized carbons (Fsp3) is 0.300. The van der Waals surface area contributed by atoms with Crippen LogP contribution in [0.4, 0.5) is 0 Å². The van der Waals surface area contributed by atoms with Crippen molar-refractivity contribution in [2.75, 3.05) is 27.2 Å². The molecule has 2 nitrogen and oxygen atoms in total. The van der Waals surface area contributed by atoms with Crippen LogP contribution >= 0.6 is 0 Å². The summed E-state index contributed by atoms with van der Waals surface area (Å²) in [5, 5.41) is 0. The van der Waals surface area contributed by atoms with Crippen LogP contribution < -0.4 is 4.74 Å². The van der Waals surface area contributed by atoms with Gasteiger partial charge in [-0.05, 0) is 47.9 Å². The standard InChI is InChI=1S/C20H21NO/c1-21-11-10-18-19(13-21)16-8-3-4-9-17(16)20(18)14-6-5-7-15(12-14)22-2/h3-9,12,19H,10-11,13H2,1-2H3. The SMILES string of the molecule is COc1cccc(C2=C3CCN(C)CC3c3ccccc32)c1. The van der Waals surface area contributed by atoms with Crippen LogP contribution in [0.2, 0.25) is 0 Å². The Labute approximate surface area is 132 Å². The molecular weight excluding hydrogens is 270 g/mol. The topological polar surface area (TPSA) is 12.5 Å². The van der Waals surface area contributed by atoms with Gasteiger partial charge in [0.25, 0.3) is 0 Å². The number of methoxy groups -OCH3 is 1. The Morgan fingerprint density at radius 1 is 1.09 bits per heavy atom.